The summed E-state index contributed by atoms with van der Waals surface area (Å²) in [6.45, 7) is 0. The molecule has 0 saturated carbocycles. The summed E-state index contributed by atoms with van der Waals surface area (Å²) in [6, 6.07) is 15.4. The third-order valence-electron chi connectivity index (χ3n) is 2.09. The van der Waals surface area contributed by atoms with E-state index in [-0.39, 0.29) is 0 Å². The number of nitrogens with zero attached hydrogens (tertiary/aromatic N) is 1. The fourth-order valence-electron chi connectivity index (χ4n) is 1.35. The molecule has 0 saturated heterocycles. The van der Waals surface area contributed by atoms with Gasteiger partial charge < -0.3 is 4.42 Å². The van der Waals surface area contributed by atoms with Crippen LogP contribution in [0.5, 0.6) is 0 Å². The second kappa shape index (κ2) is 4.99. The molecule has 2 nitrogen and oxygen atoms in total. The zero-order valence-corrected chi connectivity index (χ0v) is 10.5. The SMILES string of the molecule is N#CC(=Cc1ccc(I)o1)c1ccccc1. The third kappa shape index (κ3) is 2.52. The predicted molar refractivity (Wildman–Crippen MR) is 71.4 cm³/mol. The maximum Gasteiger partial charge on any atom is 0.164 e. The first-order valence-electron chi connectivity index (χ1n) is 4.72. The molecule has 0 aliphatic carbocycles. The second-order valence-corrected chi connectivity index (χ2v) is 4.24. The molecule has 0 amide bonds. The van der Waals surface area contributed by atoms with Crippen LogP contribution in [0.3, 0.4) is 0 Å². The molecule has 0 N–H and O–H groups in total. The Morgan fingerprint density at radius 3 is 2.50 bits per heavy atom. The summed E-state index contributed by atoms with van der Waals surface area (Å²) in [5, 5.41) is 9.09. The first-order chi connectivity index (χ1) is 7.79. The number of allylic oxidation sites excluding steroid dienone is 1. The molecule has 0 unspecified atom stereocenters. The molecular weight excluding hydrogens is 313 g/mol. The Morgan fingerprint density at radius 1 is 1.19 bits per heavy atom. The molecule has 2 aromatic rings. The minimum absolute atomic E-state index is 0.603. The Balaban J connectivity index is 2.38. The molecule has 0 radical (unpaired) electrons. The fraction of sp³-hybridized carbons (Fsp3) is 0. The van der Waals surface area contributed by atoms with Gasteiger partial charge >= 0.3 is 0 Å². The van der Waals surface area contributed by atoms with Crippen molar-refractivity contribution in [2.75, 3.05) is 0 Å². The van der Waals surface area contributed by atoms with Crippen LogP contribution < -0.4 is 0 Å². The monoisotopic (exact) mass is 321 g/mol. The molecule has 1 heterocycles. The summed E-state index contributed by atoms with van der Waals surface area (Å²) in [5.41, 5.74) is 1.50. The van der Waals surface area contributed by atoms with Gasteiger partial charge in [-0.25, -0.2) is 0 Å². The third-order valence-corrected chi connectivity index (χ3v) is 2.67. The van der Waals surface area contributed by atoms with Crippen LogP contribution in [0.4, 0.5) is 0 Å². The number of hydrogen-bond donors (Lipinski definition) is 0. The fourth-order valence-corrected chi connectivity index (χ4v) is 1.78. The average Bonchev–Trinajstić information content (AvgIpc) is 2.73. The van der Waals surface area contributed by atoms with E-state index in [4.69, 9.17) is 9.68 Å². The molecule has 0 spiro atoms. The molecule has 0 bridgehead atoms. The summed E-state index contributed by atoms with van der Waals surface area (Å²) in [7, 11) is 0. The van der Waals surface area contributed by atoms with Crippen LogP contribution in [0.2, 0.25) is 0 Å². The highest BCUT2D eigenvalue weighted by atomic mass is 127. The van der Waals surface area contributed by atoms with E-state index >= 15 is 0 Å². The maximum absolute atomic E-state index is 9.09. The maximum atomic E-state index is 9.09. The van der Waals surface area contributed by atoms with Crippen molar-refractivity contribution in [2.24, 2.45) is 0 Å². The molecule has 78 valence electrons. The molecule has 1 aromatic carbocycles. The van der Waals surface area contributed by atoms with Gasteiger partial charge in [-0.15, -0.1) is 0 Å². The Bertz CT molecular complexity index is 549. The summed E-state index contributed by atoms with van der Waals surface area (Å²) >= 11 is 2.10. The van der Waals surface area contributed by atoms with Crippen molar-refractivity contribution in [3.63, 3.8) is 0 Å². The lowest BCUT2D eigenvalue weighted by Gasteiger charge is -1.96. The van der Waals surface area contributed by atoms with Gasteiger partial charge in [-0.1, -0.05) is 30.3 Å². The van der Waals surface area contributed by atoms with Crippen LogP contribution in [0.25, 0.3) is 11.6 Å². The number of nitriles is 1. The zero-order valence-electron chi connectivity index (χ0n) is 8.35. The smallest absolute Gasteiger partial charge is 0.164 e. The van der Waals surface area contributed by atoms with Crippen LogP contribution in [-0.2, 0) is 0 Å². The molecule has 1 aromatic heterocycles. The number of rotatable bonds is 2. The van der Waals surface area contributed by atoms with Crippen LogP contribution in [-0.4, -0.2) is 0 Å². The van der Waals surface area contributed by atoms with E-state index in [9.17, 15) is 0 Å². The van der Waals surface area contributed by atoms with Gasteiger partial charge in [0.1, 0.15) is 5.76 Å². The van der Waals surface area contributed by atoms with E-state index in [1.54, 1.807) is 6.08 Å². The van der Waals surface area contributed by atoms with Gasteiger partial charge in [0.05, 0.1) is 11.6 Å². The van der Waals surface area contributed by atoms with E-state index in [1.165, 1.54) is 0 Å². The Kier molecular flexibility index (Phi) is 3.42. The normalized spacial score (nSPS) is 11.1. The number of furan rings is 1. The van der Waals surface area contributed by atoms with E-state index in [0.717, 1.165) is 9.33 Å². The van der Waals surface area contributed by atoms with Crippen molar-refractivity contribution in [2.45, 2.75) is 0 Å². The quantitative estimate of drug-likeness (QED) is 0.620. The Labute approximate surface area is 107 Å². The zero-order chi connectivity index (χ0) is 11.4. The molecule has 0 aliphatic rings. The lowest BCUT2D eigenvalue weighted by Crippen LogP contribution is -1.79. The van der Waals surface area contributed by atoms with Gasteiger partial charge in [0.25, 0.3) is 0 Å². The summed E-state index contributed by atoms with van der Waals surface area (Å²) in [5.74, 6) is 0.699. The van der Waals surface area contributed by atoms with Crippen molar-refractivity contribution < 1.29 is 4.42 Å². The van der Waals surface area contributed by atoms with Crippen molar-refractivity contribution in [3.8, 4) is 6.07 Å². The van der Waals surface area contributed by atoms with Crippen LogP contribution in [0, 0.1) is 15.1 Å². The van der Waals surface area contributed by atoms with E-state index in [1.807, 2.05) is 42.5 Å². The van der Waals surface area contributed by atoms with E-state index < -0.39 is 0 Å². The van der Waals surface area contributed by atoms with Crippen LogP contribution in [0.15, 0.2) is 46.9 Å². The van der Waals surface area contributed by atoms with E-state index in [0.29, 0.717) is 11.3 Å². The number of benzene rings is 1. The van der Waals surface area contributed by atoms with Gasteiger partial charge in [0.2, 0.25) is 0 Å². The predicted octanol–water partition coefficient (Wildman–Crippen LogP) is 3.95. The molecule has 3 heteroatoms. The van der Waals surface area contributed by atoms with Crippen LogP contribution in [0.1, 0.15) is 11.3 Å². The van der Waals surface area contributed by atoms with Crippen molar-refractivity contribution in [3.05, 3.63) is 57.6 Å². The second-order valence-electron chi connectivity index (χ2n) is 3.18. The van der Waals surface area contributed by atoms with Gasteiger partial charge in [-0.2, -0.15) is 5.26 Å². The minimum atomic E-state index is 0.603. The molecule has 0 fully saturated rings. The van der Waals surface area contributed by atoms with Gasteiger partial charge in [0.15, 0.2) is 3.77 Å². The van der Waals surface area contributed by atoms with Gasteiger partial charge in [-0.3, -0.25) is 0 Å². The van der Waals surface area contributed by atoms with Crippen LogP contribution >= 0.6 is 22.6 Å². The first-order valence-corrected chi connectivity index (χ1v) is 5.80. The summed E-state index contributed by atoms with van der Waals surface area (Å²) in [4.78, 5) is 0. The highest BCUT2D eigenvalue weighted by Gasteiger charge is 2.02. The van der Waals surface area contributed by atoms with E-state index in [2.05, 4.69) is 28.7 Å². The van der Waals surface area contributed by atoms with Crippen molar-refractivity contribution >= 4 is 34.2 Å². The molecule has 16 heavy (non-hydrogen) atoms. The largest absolute Gasteiger partial charge is 0.451 e. The minimum Gasteiger partial charge on any atom is -0.451 e. The summed E-state index contributed by atoms with van der Waals surface area (Å²) < 4.78 is 6.21. The average molecular weight is 321 g/mol. The number of halogens is 1. The van der Waals surface area contributed by atoms with Crippen molar-refractivity contribution in [1.29, 1.82) is 5.26 Å². The van der Waals surface area contributed by atoms with Crippen molar-refractivity contribution in [1.82, 2.24) is 0 Å². The molecule has 0 aliphatic heterocycles. The topological polar surface area (TPSA) is 36.9 Å². The first kappa shape index (κ1) is 11.0. The Morgan fingerprint density at radius 2 is 1.94 bits per heavy atom. The summed E-state index contributed by atoms with van der Waals surface area (Å²) in [6.07, 6.45) is 1.75. The standard InChI is InChI=1S/C13H8INO/c14-13-7-6-12(16-13)8-11(9-15)10-4-2-1-3-5-10/h1-8H. The molecule has 2 rings (SSSR count). The molecule has 0 atom stereocenters. The molecular formula is C13H8INO. The number of hydrogen-bond acceptors (Lipinski definition) is 2. The highest BCUT2D eigenvalue weighted by molar-refractivity contribution is 14.1. The highest BCUT2D eigenvalue weighted by Crippen LogP contribution is 2.19. The lowest BCUT2D eigenvalue weighted by atomic mass is 10.1. The lowest BCUT2D eigenvalue weighted by molar-refractivity contribution is 0.528. The van der Waals surface area contributed by atoms with Gasteiger partial charge in [0, 0.05) is 0 Å². The van der Waals surface area contributed by atoms with Gasteiger partial charge in [-0.05, 0) is 46.4 Å². The Hall–Kier alpha value is -1.54.